The van der Waals surface area contributed by atoms with Gasteiger partial charge in [0, 0.05) is 31.2 Å². The van der Waals surface area contributed by atoms with Gasteiger partial charge in [0.2, 0.25) is 0 Å². The molecule has 3 heterocycles. The zero-order valence-electron chi connectivity index (χ0n) is 17.6. The number of nitrogens with zero attached hydrogens (tertiary/aromatic N) is 2. The molecule has 3 aliphatic rings. The van der Waals surface area contributed by atoms with Crippen molar-refractivity contribution in [2.24, 2.45) is 0 Å². The van der Waals surface area contributed by atoms with Crippen molar-refractivity contribution in [3.63, 3.8) is 0 Å². The normalized spacial score (nSPS) is 27.4. The highest BCUT2D eigenvalue weighted by Gasteiger charge is 2.52. The SMILES string of the molecule is CN1CC[C@@]2(C)c3cc(OC(=O)NC4NCCc5cc(O)ccc54)ccc3N(C)[C@@H]12. The molecule has 2 aromatic rings. The van der Waals surface area contributed by atoms with Crippen molar-refractivity contribution in [2.75, 3.05) is 32.1 Å². The van der Waals surface area contributed by atoms with Crippen molar-refractivity contribution in [3.05, 3.63) is 53.1 Å². The second kappa shape index (κ2) is 6.89. The van der Waals surface area contributed by atoms with Crippen LogP contribution < -0.4 is 20.3 Å². The Kier molecular flexibility index (Phi) is 4.41. The van der Waals surface area contributed by atoms with Crippen LogP contribution in [0.1, 0.15) is 36.2 Å². The summed E-state index contributed by atoms with van der Waals surface area (Å²) in [5, 5.41) is 15.9. The monoisotopic (exact) mass is 408 g/mol. The number of aromatic hydroxyl groups is 1. The number of phenols is 1. The summed E-state index contributed by atoms with van der Waals surface area (Å²) in [6.07, 6.45) is 1.38. The molecule has 7 heteroatoms. The maximum atomic E-state index is 12.6. The number of rotatable bonds is 2. The third-order valence-electron chi connectivity index (χ3n) is 6.95. The van der Waals surface area contributed by atoms with E-state index < -0.39 is 6.09 Å². The predicted octanol–water partition coefficient (Wildman–Crippen LogP) is 2.69. The molecule has 5 rings (SSSR count). The summed E-state index contributed by atoms with van der Waals surface area (Å²) < 4.78 is 5.67. The summed E-state index contributed by atoms with van der Waals surface area (Å²) in [5.41, 5.74) is 4.45. The van der Waals surface area contributed by atoms with Gasteiger partial charge in [-0.3, -0.25) is 10.2 Å². The highest BCUT2D eigenvalue weighted by molar-refractivity contribution is 5.73. The number of fused-ring (bicyclic) bond motifs is 4. The molecule has 0 aromatic heterocycles. The van der Waals surface area contributed by atoms with Crippen molar-refractivity contribution in [2.45, 2.75) is 37.5 Å². The summed E-state index contributed by atoms with van der Waals surface area (Å²) in [7, 11) is 4.30. The lowest BCUT2D eigenvalue weighted by Gasteiger charge is -2.32. The van der Waals surface area contributed by atoms with Crippen LogP contribution >= 0.6 is 0 Å². The lowest BCUT2D eigenvalue weighted by molar-refractivity contribution is 0.192. The smallest absolute Gasteiger partial charge is 0.414 e. The van der Waals surface area contributed by atoms with Crippen LogP contribution in [0.15, 0.2) is 36.4 Å². The first kappa shape index (κ1) is 19.2. The molecule has 3 N–H and O–H groups in total. The molecule has 0 bridgehead atoms. The Labute approximate surface area is 176 Å². The number of likely N-dealkylation sites (N-methyl/N-ethyl adjacent to an activating group) is 2. The molecule has 0 aliphatic carbocycles. The molecule has 1 saturated heterocycles. The van der Waals surface area contributed by atoms with E-state index in [0.717, 1.165) is 37.1 Å². The molecule has 0 radical (unpaired) electrons. The van der Waals surface area contributed by atoms with E-state index in [1.165, 1.54) is 11.3 Å². The van der Waals surface area contributed by atoms with Gasteiger partial charge in [-0.15, -0.1) is 0 Å². The molecule has 0 spiro atoms. The number of anilines is 1. The Morgan fingerprint density at radius 2 is 2.10 bits per heavy atom. The van der Waals surface area contributed by atoms with E-state index in [2.05, 4.69) is 41.5 Å². The van der Waals surface area contributed by atoms with Gasteiger partial charge in [-0.1, -0.05) is 13.0 Å². The number of phenolic OH excluding ortho intramolecular Hbond substituents is 1. The Bertz CT molecular complexity index is 1010. The molecule has 3 aliphatic heterocycles. The van der Waals surface area contributed by atoms with Crippen LogP contribution in [0, 0.1) is 0 Å². The summed E-state index contributed by atoms with van der Waals surface area (Å²) >= 11 is 0. The molecule has 3 atom stereocenters. The van der Waals surface area contributed by atoms with Crippen LogP contribution in [0.25, 0.3) is 0 Å². The Morgan fingerprint density at radius 3 is 2.93 bits per heavy atom. The Hall–Kier alpha value is -2.77. The number of hydrogen-bond donors (Lipinski definition) is 3. The molecule has 1 fully saturated rings. The number of ether oxygens (including phenoxy) is 1. The van der Waals surface area contributed by atoms with Gasteiger partial charge in [-0.25, -0.2) is 4.79 Å². The van der Waals surface area contributed by atoms with Crippen LogP contribution in [0.2, 0.25) is 0 Å². The third kappa shape index (κ3) is 2.92. The topological polar surface area (TPSA) is 77.1 Å². The summed E-state index contributed by atoms with van der Waals surface area (Å²) in [5.74, 6) is 0.794. The minimum Gasteiger partial charge on any atom is -0.508 e. The first-order valence-electron chi connectivity index (χ1n) is 10.5. The number of likely N-dealkylation sites (tertiary alicyclic amines) is 1. The summed E-state index contributed by atoms with van der Waals surface area (Å²) in [6, 6.07) is 11.2. The van der Waals surface area contributed by atoms with Crippen LogP contribution in [0.5, 0.6) is 11.5 Å². The average molecular weight is 409 g/mol. The molecule has 158 valence electrons. The zero-order valence-corrected chi connectivity index (χ0v) is 17.6. The first-order chi connectivity index (χ1) is 14.4. The summed E-state index contributed by atoms with van der Waals surface area (Å²) in [4.78, 5) is 17.4. The van der Waals surface area contributed by atoms with E-state index in [-0.39, 0.29) is 17.3 Å². The van der Waals surface area contributed by atoms with Gasteiger partial charge in [0.15, 0.2) is 0 Å². The standard InChI is InChI=1S/C23H28N4O3/c1-23-9-11-26(2)21(23)27(3)19-7-5-16(13-18(19)23)30-22(29)25-20-17-6-4-15(28)12-14(17)8-10-24-20/h4-7,12-13,20-21,24,28H,8-11H2,1-3H3,(H,25,29)/t20?,21-,23+/m1/s1. The van der Waals surface area contributed by atoms with Crippen molar-refractivity contribution in [1.82, 2.24) is 15.5 Å². The molecule has 30 heavy (non-hydrogen) atoms. The molecular weight excluding hydrogens is 380 g/mol. The number of hydrogen-bond acceptors (Lipinski definition) is 6. The van der Waals surface area contributed by atoms with Crippen molar-refractivity contribution in [3.8, 4) is 11.5 Å². The second-order valence-corrected chi connectivity index (χ2v) is 8.87. The fourth-order valence-corrected chi connectivity index (χ4v) is 5.55. The fourth-order valence-electron chi connectivity index (χ4n) is 5.55. The zero-order chi connectivity index (χ0) is 21.0. The van der Waals surface area contributed by atoms with Crippen LogP contribution in [-0.4, -0.2) is 49.5 Å². The van der Waals surface area contributed by atoms with Gasteiger partial charge >= 0.3 is 6.09 Å². The lowest BCUT2D eigenvalue weighted by Crippen LogP contribution is -2.45. The van der Waals surface area contributed by atoms with Crippen LogP contribution in [-0.2, 0) is 11.8 Å². The van der Waals surface area contributed by atoms with Gasteiger partial charge in [0.25, 0.3) is 0 Å². The van der Waals surface area contributed by atoms with E-state index in [1.807, 2.05) is 24.3 Å². The van der Waals surface area contributed by atoms with Crippen molar-refractivity contribution >= 4 is 11.8 Å². The number of carbonyl (C=O) groups excluding carboxylic acids is 1. The van der Waals surface area contributed by atoms with Gasteiger partial charge in [0.1, 0.15) is 17.7 Å². The molecule has 1 unspecified atom stereocenters. The largest absolute Gasteiger partial charge is 0.508 e. The molecular formula is C23H28N4O3. The van der Waals surface area contributed by atoms with Crippen molar-refractivity contribution < 1.29 is 14.6 Å². The van der Waals surface area contributed by atoms with Gasteiger partial charge in [-0.05, 0) is 66.9 Å². The second-order valence-electron chi connectivity index (χ2n) is 8.87. The minimum absolute atomic E-state index is 0.0283. The highest BCUT2D eigenvalue weighted by Crippen LogP contribution is 2.51. The van der Waals surface area contributed by atoms with E-state index in [9.17, 15) is 9.90 Å². The Balaban J connectivity index is 1.34. The van der Waals surface area contributed by atoms with E-state index in [4.69, 9.17) is 4.74 Å². The van der Waals surface area contributed by atoms with Crippen molar-refractivity contribution in [1.29, 1.82) is 0 Å². The summed E-state index contributed by atoms with van der Waals surface area (Å²) in [6.45, 7) is 4.07. The van der Waals surface area contributed by atoms with Gasteiger partial charge < -0.3 is 20.1 Å². The molecule has 7 nitrogen and oxygen atoms in total. The number of carbonyl (C=O) groups is 1. The maximum Gasteiger partial charge on any atom is 0.414 e. The minimum atomic E-state index is -0.495. The number of nitrogens with one attached hydrogen (secondary N) is 2. The molecule has 2 aromatic carbocycles. The molecule has 1 amide bonds. The molecule has 0 saturated carbocycles. The van der Waals surface area contributed by atoms with Gasteiger partial charge in [0.05, 0.1) is 6.17 Å². The average Bonchev–Trinajstić information content (AvgIpc) is 3.13. The predicted molar refractivity (Wildman–Crippen MR) is 115 cm³/mol. The first-order valence-corrected chi connectivity index (χ1v) is 10.5. The van der Waals surface area contributed by atoms with E-state index >= 15 is 0 Å². The quantitative estimate of drug-likeness (QED) is 0.709. The number of benzene rings is 2. The maximum absolute atomic E-state index is 12.6. The van der Waals surface area contributed by atoms with E-state index in [0.29, 0.717) is 11.9 Å². The lowest BCUT2D eigenvalue weighted by atomic mass is 9.81. The number of amides is 1. The third-order valence-corrected chi connectivity index (χ3v) is 6.95. The van der Waals surface area contributed by atoms with Crippen LogP contribution in [0.4, 0.5) is 10.5 Å². The van der Waals surface area contributed by atoms with Gasteiger partial charge in [-0.2, -0.15) is 0 Å². The van der Waals surface area contributed by atoms with Crippen LogP contribution in [0.3, 0.4) is 0 Å². The Morgan fingerprint density at radius 1 is 1.27 bits per heavy atom. The highest BCUT2D eigenvalue weighted by atomic mass is 16.6. The fraction of sp³-hybridized carbons (Fsp3) is 0.435. The van der Waals surface area contributed by atoms with E-state index in [1.54, 1.807) is 12.1 Å².